The van der Waals surface area contributed by atoms with Gasteiger partial charge in [0.2, 0.25) is 5.91 Å². The van der Waals surface area contributed by atoms with E-state index in [4.69, 9.17) is 0 Å². The molecule has 0 saturated carbocycles. The van der Waals surface area contributed by atoms with Crippen molar-refractivity contribution >= 4 is 11.9 Å². The summed E-state index contributed by atoms with van der Waals surface area (Å²) in [6, 6.07) is 8.63. The van der Waals surface area contributed by atoms with Crippen LogP contribution in [0.4, 0.5) is 0 Å². The zero-order valence-electron chi connectivity index (χ0n) is 13.5. The molecule has 4 heteroatoms. The first-order valence-corrected chi connectivity index (χ1v) is 7.70. The molecule has 0 heterocycles. The van der Waals surface area contributed by atoms with Gasteiger partial charge in [0.05, 0.1) is 5.92 Å². The molecule has 0 aliphatic carbocycles. The molecule has 1 amide bonds. The predicted octanol–water partition coefficient (Wildman–Crippen LogP) is 3.35. The number of hydrogen-bond donors (Lipinski definition) is 2. The Bertz CT molecular complexity index is 510. The van der Waals surface area contributed by atoms with E-state index in [1.54, 1.807) is 12.2 Å². The number of nitrogens with one attached hydrogen (secondary N) is 1. The highest BCUT2D eigenvalue weighted by Crippen LogP contribution is 2.27. The molecule has 22 heavy (non-hydrogen) atoms. The summed E-state index contributed by atoms with van der Waals surface area (Å²) in [7, 11) is 0. The molecule has 0 saturated heterocycles. The third kappa shape index (κ3) is 5.02. The van der Waals surface area contributed by atoms with Gasteiger partial charge in [-0.05, 0) is 24.8 Å². The average Bonchev–Trinajstić information content (AvgIpc) is 2.52. The number of aliphatic carboxylic acids is 1. The summed E-state index contributed by atoms with van der Waals surface area (Å²) in [6.45, 7) is 5.87. The smallest absolute Gasteiger partial charge is 0.326 e. The van der Waals surface area contributed by atoms with Gasteiger partial charge >= 0.3 is 5.97 Å². The zero-order chi connectivity index (χ0) is 16.5. The molecule has 3 unspecified atom stereocenters. The Morgan fingerprint density at radius 2 is 1.91 bits per heavy atom. The molecular formula is C18H25NO3. The Kier molecular flexibility index (Phi) is 7.37. The number of amides is 1. The van der Waals surface area contributed by atoms with Gasteiger partial charge in [-0.25, -0.2) is 4.79 Å². The maximum atomic E-state index is 12.6. The van der Waals surface area contributed by atoms with Crippen molar-refractivity contribution in [2.45, 2.75) is 45.6 Å². The fourth-order valence-electron chi connectivity index (χ4n) is 2.39. The summed E-state index contributed by atoms with van der Waals surface area (Å²) in [5.41, 5.74) is 0.921. The van der Waals surface area contributed by atoms with Crippen molar-refractivity contribution in [1.82, 2.24) is 5.32 Å². The summed E-state index contributed by atoms with van der Waals surface area (Å²) in [4.78, 5) is 23.9. The van der Waals surface area contributed by atoms with Crippen molar-refractivity contribution in [3.63, 3.8) is 0 Å². The number of carboxylic acid groups (broad SMARTS) is 1. The lowest BCUT2D eigenvalue weighted by Crippen LogP contribution is -2.44. The molecule has 120 valence electrons. The number of carboxylic acids is 1. The summed E-state index contributed by atoms with van der Waals surface area (Å²) in [5, 5.41) is 11.9. The first-order valence-electron chi connectivity index (χ1n) is 7.70. The fourth-order valence-corrected chi connectivity index (χ4v) is 2.39. The van der Waals surface area contributed by atoms with E-state index in [-0.39, 0.29) is 17.7 Å². The standard InChI is InChI=1S/C18H25NO3/c1-4-6-12-15(18(21)22)19-17(20)16(13(3)5-2)14-10-8-7-9-11-14/h4,6-11,13,15-16H,5,12H2,1-3H3,(H,19,20)(H,21,22)/b6-4+. The maximum Gasteiger partial charge on any atom is 0.326 e. The van der Waals surface area contributed by atoms with E-state index in [0.29, 0.717) is 6.42 Å². The molecule has 1 rings (SSSR count). The van der Waals surface area contributed by atoms with Crippen molar-refractivity contribution in [1.29, 1.82) is 0 Å². The van der Waals surface area contributed by atoms with Crippen LogP contribution in [0.3, 0.4) is 0 Å². The van der Waals surface area contributed by atoms with E-state index >= 15 is 0 Å². The van der Waals surface area contributed by atoms with Crippen LogP contribution in [0, 0.1) is 5.92 Å². The second-order valence-electron chi connectivity index (χ2n) is 5.48. The Balaban J connectivity index is 2.94. The van der Waals surface area contributed by atoms with Gasteiger partial charge in [-0.2, -0.15) is 0 Å². The molecule has 4 nitrogen and oxygen atoms in total. The van der Waals surface area contributed by atoms with Gasteiger partial charge < -0.3 is 10.4 Å². The highest BCUT2D eigenvalue weighted by Gasteiger charge is 2.29. The molecular weight excluding hydrogens is 278 g/mol. The van der Waals surface area contributed by atoms with E-state index in [1.165, 1.54) is 0 Å². The minimum absolute atomic E-state index is 0.138. The number of carbonyl (C=O) groups is 2. The van der Waals surface area contributed by atoms with Gasteiger partial charge in [0.15, 0.2) is 0 Å². The Hall–Kier alpha value is -2.10. The summed E-state index contributed by atoms with van der Waals surface area (Å²) < 4.78 is 0. The number of carbonyl (C=O) groups excluding carboxylic acids is 1. The molecule has 0 spiro atoms. The normalized spacial score (nSPS) is 15.2. The van der Waals surface area contributed by atoms with E-state index < -0.39 is 12.0 Å². The molecule has 0 fully saturated rings. The number of hydrogen-bond acceptors (Lipinski definition) is 2. The predicted molar refractivity (Wildman–Crippen MR) is 87.6 cm³/mol. The molecule has 0 aromatic heterocycles. The maximum absolute atomic E-state index is 12.6. The van der Waals surface area contributed by atoms with E-state index in [2.05, 4.69) is 5.32 Å². The largest absolute Gasteiger partial charge is 0.480 e. The molecule has 1 aromatic carbocycles. The lowest BCUT2D eigenvalue weighted by molar-refractivity contribution is -0.142. The quantitative estimate of drug-likeness (QED) is 0.724. The van der Waals surface area contributed by atoms with Gasteiger partial charge in [0, 0.05) is 0 Å². The van der Waals surface area contributed by atoms with Crippen molar-refractivity contribution < 1.29 is 14.7 Å². The molecule has 1 aromatic rings. The topological polar surface area (TPSA) is 66.4 Å². The van der Waals surface area contributed by atoms with Crippen LogP contribution in [0.25, 0.3) is 0 Å². The van der Waals surface area contributed by atoms with Gasteiger partial charge in [-0.3, -0.25) is 4.79 Å². The molecule has 0 radical (unpaired) electrons. The Morgan fingerprint density at radius 1 is 1.27 bits per heavy atom. The first-order chi connectivity index (χ1) is 10.5. The number of allylic oxidation sites excluding steroid dienone is 1. The monoisotopic (exact) mass is 303 g/mol. The molecule has 3 atom stereocenters. The van der Waals surface area contributed by atoms with Crippen molar-refractivity contribution in [3.05, 3.63) is 48.0 Å². The zero-order valence-corrected chi connectivity index (χ0v) is 13.5. The minimum Gasteiger partial charge on any atom is -0.480 e. The van der Waals surface area contributed by atoms with Crippen LogP contribution in [0.1, 0.15) is 45.1 Å². The van der Waals surface area contributed by atoms with E-state index in [1.807, 2.05) is 51.1 Å². The van der Waals surface area contributed by atoms with Crippen LogP contribution in [0.15, 0.2) is 42.5 Å². The second kappa shape index (κ2) is 9.03. The minimum atomic E-state index is -1.01. The lowest BCUT2D eigenvalue weighted by Gasteiger charge is -2.24. The van der Waals surface area contributed by atoms with Crippen LogP contribution in [0.2, 0.25) is 0 Å². The molecule has 0 aliphatic heterocycles. The molecule has 0 bridgehead atoms. The summed E-state index contributed by atoms with van der Waals surface area (Å²) in [5.74, 6) is -1.43. The van der Waals surface area contributed by atoms with E-state index in [0.717, 1.165) is 12.0 Å². The van der Waals surface area contributed by atoms with Gasteiger partial charge in [-0.1, -0.05) is 62.8 Å². The van der Waals surface area contributed by atoms with Crippen molar-refractivity contribution in [2.24, 2.45) is 5.92 Å². The lowest BCUT2D eigenvalue weighted by atomic mass is 9.84. The van der Waals surface area contributed by atoms with Crippen LogP contribution >= 0.6 is 0 Å². The highest BCUT2D eigenvalue weighted by atomic mass is 16.4. The molecule has 0 aliphatic rings. The average molecular weight is 303 g/mol. The highest BCUT2D eigenvalue weighted by molar-refractivity contribution is 5.88. The van der Waals surface area contributed by atoms with Gasteiger partial charge in [-0.15, -0.1) is 0 Å². The van der Waals surface area contributed by atoms with Crippen LogP contribution in [-0.4, -0.2) is 23.0 Å². The van der Waals surface area contributed by atoms with Crippen LogP contribution in [0.5, 0.6) is 0 Å². The van der Waals surface area contributed by atoms with Crippen molar-refractivity contribution in [3.8, 4) is 0 Å². The third-order valence-electron chi connectivity index (χ3n) is 3.88. The Labute approximate surface area is 132 Å². The Morgan fingerprint density at radius 3 is 2.41 bits per heavy atom. The SMILES string of the molecule is C/C=C/CC(NC(=O)C(c1ccccc1)C(C)CC)C(=O)O. The third-order valence-corrected chi connectivity index (χ3v) is 3.88. The second-order valence-corrected chi connectivity index (χ2v) is 5.48. The number of rotatable bonds is 8. The number of benzene rings is 1. The van der Waals surface area contributed by atoms with Crippen LogP contribution in [-0.2, 0) is 9.59 Å². The van der Waals surface area contributed by atoms with Gasteiger partial charge in [0.25, 0.3) is 0 Å². The molecule has 2 N–H and O–H groups in total. The summed E-state index contributed by atoms with van der Waals surface area (Å²) >= 11 is 0. The fraction of sp³-hybridized carbons (Fsp3) is 0.444. The first kappa shape index (κ1) is 18.0. The summed E-state index contributed by atoms with van der Waals surface area (Å²) in [6.07, 6.45) is 4.67. The van der Waals surface area contributed by atoms with Crippen molar-refractivity contribution in [2.75, 3.05) is 0 Å². The van der Waals surface area contributed by atoms with Crippen LogP contribution < -0.4 is 5.32 Å². The van der Waals surface area contributed by atoms with E-state index in [9.17, 15) is 14.7 Å². The van der Waals surface area contributed by atoms with Gasteiger partial charge in [0.1, 0.15) is 6.04 Å².